The Hall–Kier alpha value is -5.48. The van der Waals surface area contributed by atoms with Gasteiger partial charge in [0.25, 0.3) is 30.4 Å². The number of nitrogens with two attached hydrogens (primary N) is 1. The minimum absolute atomic E-state index is 0.0667. The van der Waals surface area contributed by atoms with Crippen LogP contribution >= 0.6 is 0 Å². The second-order valence-corrected chi connectivity index (χ2v) is 19.3. The molecule has 0 aliphatic heterocycles. The lowest BCUT2D eigenvalue weighted by Gasteiger charge is -2.14. The van der Waals surface area contributed by atoms with Gasteiger partial charge in [-0.25, -0.2) is 16.8 Å². The summed E-state index contributed by atoms with van der Waals surface area (Å²) in [6, 6.07) is 8.37. The van der Waals surface area contributed by atoms with Gasteiger partial charge < -0.3 is 16.2 Å². The summed E-state index contributed by atoms with van der Waals surface area (Å²) in [7, 11) is -23.2. The van der Waals surface area contributed by atoms with E-state index in [4.69, 9.17) is 5.73 Å². The number of rotatable bonds is 15. The van der Waals surface area contributed by atoms with Gasteiger partial charge in [-0.05, 0) is 66.4 Å². The number of benzene rings is 4. The number of phenolic OH excluding ortho intramolecular Hbond substituents is 1. The van der Waals surface area contributed by atoms with Crippen LogP contribution in [0, 0.1) is 0 Å². The number of anilines is 2. The fourth-order valence-corrected chi connectivity index (χ4v) is 8.10. The van der Waals surface area contributed by atoms with Crippen molar-refractivity contribution in [1.82, 2.24) is 0 Å². The number of nitrogens with zero attached hydrogens (tertiary/aromatic N) is 4. The van der Waals surface area contributed by atoms with E-state index in [1.807, 2.05) is 0 Å². The van der Waals surface area contributed by atoms with E-state index < -0.39 is 116 Å². The van der Waals surface area contributed by atoms with Gasteiger partial charge in [-0.3, -0.25) is 18.5 Å². The van der Waals surface area contributed by atoms with Crippen LogP contribution in [-0.4, -0.2) is 72.5 Å². The molecule has 21 nitrogen and oxygen atoms in total. The number of carbonyl (C=O) groups is 1. The number of carbonyl (C=O) groups excluding carboxylic acids is 1. The minimum atomic E-state index is -5.40. The van der Waals surface area contributed by atoms with Crippen molar-refractivity contribution in [2.75, 3.05) is 16.8 Å². The predicted octanol–water partition coefficient (Wildman–Crippen LogP) is 4.89. The largest absolute Gasteiger partial charge is 0.505 e. The molecule has 4 aromatic rings. The van der Waals surface area contributed by atoms with Gasteiger partial charge in [-0.1, -0.05) is 13.2 Å². The number of azo groups is 2. The molecule has 4 rings (SSSR count). The number of nitrogen functional groups attached to an aromatic ring is 1. The first-order chi connectivity index (χ1) is 25.8. The highest BCUT2D eigenvalue weighted by Crippen LogP contribution is 2.48. The predicted molar refractivity (Wildman–Crippen MR) is 200 cm³/mol. The molecule has 0 heterocycles. The quantitative estimate of drug-likeness (QED) is 0.0526. The van der Waals surface area contributed by atoms with Crippen molar-refractivity contribution in [2.45, 2.75) is 32.4 Å². The van der Waals surface area contributed by atoms with Gasteiger partial charge in [-0.15, -0.1) is 15.3 Å². The van der Waals surface area contributed by atoms with Gasteiger partial charge in [0.15, 0.2) is 25.4 Å². The molecule has 0 radical (unpaired) electrons. The van der Waals surface area contributed by atoms with Gasteiger partial charge in [0.05, 0.1) is 27.4 Å². The molecule has 298 valence electrons. The number of sulfone groups is 2. The monoisotopic (exact) mass is 872 g/mol. The highest BCUT2D eigenvalue weighted by molar-refractivity contribution is 7.94. The SMILES string of the molecule is C=CS(=O)(=O)CCCC(=O)Nc1ccc(S(=O)(=O)O)c(N=Nc2c(S(=O)(=O)O)cc3cc(S(=O)(=O)O)c(N=Nc4ccc(S(=O)(=O)C=C)cc4)c(N)c3c2O)c1. The molecule has 0 aliphatic carbocycles. The zero-order valence-electron chi connectivity index (χ0n) is 28.1. The summed E-state index contributed by atoms with van der Waals surface area (Å²) in [5.74, 6) is -2.36. The van der Waals surface area contributed by atoms with Crippen LogP contribution in [0.2, 0.25) is 0 Å². The third kappa shape index (κ3) is 10.0. The smallest absolute Gasteiger partial charge is 0.296 e. The lowest BCUT2D eigenvalue weighted by atomic mass is 10.1. The van der Waals surface area contributed by atoms with Gasteiger partial charge in [0.1, 0.15) is 31.7 Å². The maximum Gasteiger partial charge on any atom is 0.296 e. The van der Waals surface area contributed by atoms with Crippen LogP contribution in [0.4, 0.5) is 34.1 Å². The molecule has 56 heavy (non-hydrogen) atoms. The lowest BCUT2D eigenvalue weighted by molar-refractivity contribution is -0.116. The zero-order chi connectivity index (χ0) is 42.0. The summed E-state index contributed by atoms with van der Waals surface area (Å²) < 4.78 is 151. The molecular weight excluding hydrogens is 845 g/mol. The molecule has 26 heteroatoms. The van der Waals surface area contributed by atoms with Crippen LogP contribution in [-0.2, 0) is 54.8 Å². The molecular formula is C30H28N6O15S5. The molecule has 0 bridgehead atoms. The average molecular weight is 873 g/mol. The Morgan fingerprint density at radius 1 is 0.714 bits per heavy atom. The van der Waals surface area contributed by atoms with Crippen molar-refractivity contribution in [2.24, 2.45) is 20.5 Å². The first-order valence-corrected chi connectivity index (χ1v) is 22.5. The normalized spacial score (nSPS) is 13.0. The number of aromatic hydroxyl groups is 1. The van der Waals surface area contributed by atoms with Gasteiger partial charge in [0.2, 0.25) is 5.91 Å². The standard InChI is InChI=1S/C30H28N6O15S5/c1-3-52(39,40)13-5-6-25(37)32-19-9-12-22(54(43,44)45)21(16-19)34-36-29-24(56(49,50)51)15-17-14-23(55(46,47)48)28(27(31)26(17)30(29)38)35-33-18-7-10-20(11-8-18)53(41,42)4-2/h3-4,7-12,14-16,38H,1-2,5-6,13,31H2,(H,32,37)(H,43,44,45)(H,46,47,48)(H,49,50,51). The molecule has 0 fully saturated rings. The minimum Gasteiger partial charge on any atom is -0.505 e. The number of nitrogens with one attached hydrogen (secondary N) is 1. The van der Waals surface area contributed by atoms with E-state index in [0.717, 1.165) is 47.9 Å². The molecule has 0 saturated carbocycles. The van der Waals surface area contributed by atoms with Gasteiger partial charge >= 0.3 is 0 Å². The second kappa shape index (κ2) is 15.9. The fourth-order valence-electron chi connectivity index (χ4n) is 4.75. The Balaban J connectivity index is 1.89. The van der Waals surface area contributed by atoms with Crippen LogP contribution in [0.3, 0.4) is 0 Å². The van der Waals surface area contributed by atoms with E-state index in [1.54, 1.807) is 0 Å². The molecule has 0 atom stereocenters. The third-order valence-corrected chi connectivity index (χ3v) is 12.8. The average Bonchev–Trinajstić information content (AvgIpc) is 3.09. The summed E-state index contributed by atoms with van der Waals surface area (Å²) in [6.07, 6.45) is -0.440. The summed E-state index contributed by atoms with van der Waals surface area (Å²) >= 11 is 0. The van der Waals surface area contributed by atoms with E-state index in [1.165, 1.54) is 0 Å². The Morgan fingerprint density at radius 3 is 1.80 bits per heavy atom. The van der Waals surface area contributed by atoms with E-state index >= 15 is 0 Å². The Morgan fingerprint density at radius 2 is 1.27 bits per heavy atom. The molecule has 0 saturated heterocycles. The van der Waals surface area contributed by atoms with Crippen molar-refractivity contribution in [1.29, 1.82) is 0 Å². The highest BCUT2D eigenvalue weighted by Gasteiger charge is 2.28. The van der Waals surface area contributed by atoms with Crippen LogP contribution in [0.15, 0.2) is 119 Å². The number of hydrogen-bond acceptors (Lipinski definition) is 17. The van der Waals surface area contributed by atoms with E-state index in [9.17, 15) is 65.6 Å². The second-order valence-electron chi connectivity index (χ2n) is 11.2. The van der Waals surface area contributed by atoms with Crippen molar-refractivity contribution >= 4 is 101 Å². The third-order valence-electron chi connectivity index (χ3n) is 7.39. The first kappa shape index (κ1) is 43.3. The van der Waals surface area contributed by atoms with Crippen LogP contribution < -0.4 is 11.1 Å². The van der Waals surface area contributed by atoms with Crippen LogP contribution in [0.5, 0.6) is 5.75 Å². The van der Waals surface area contributed by atoms with E-state index in [2.05, 4.69) is 38.9 Å². The van der Waals surface area contributed by atoms with Crippen molar-refractivity contribution < 1.29 is 65.6 Å². The summed E-state index contributed by atoms with van der Waals surface area (Å²) in [4.78, 5) is 9.00. The number of fused-ring (bicyclic) bond motifs is 1. The number of phenols is 1. The Bertz CT molecular complexity index is 2930. The van der Waals surface area contributed by atoms with Crippen molar-refractivity contribution in [3.63, 3.8) is 0 Å². The molecule has 0 aliphatic rings. The van der Waals surface area contributed by atoms with Crippen LogP contribution in [0.25, 0.3) is 10.8 Å². The first-order valence-electron chi connectivity index (χ1n) is 14.9. The Kier molecular flexibility index (Phi) is 12.3. The van der Waals surface area contributed by atoms with Crippen LogP contribution in [0.1, 0.15) is 12.8 Å². The maximum atomic E-state index is 12.5. The van der Waals surface area contributed by atoms with Crippen molar-refractivity contribution in [3.05, 3.63) is 78.6 Å². The van der Waals surface area contributed by atoms with Gasteiger partial charge in [0, 0.05) is 22.9 Å². The summed E-state index contributed by atoms with van der Waals surface area (Å²) in [6.45, 7) is 6.37. The number of hydrogen-bond donors (Lipinski definition) is 6. The highest BCUT2D eigenvalue weighted by atomic mass is 32.2. The molecule has 4 aromatic carbocycles. The van der Waals surface area contributed by atoms with Gasteiger partial charge in [-0.2, -0.15) is 30.4 Å². The lowest BCUT2D eigenvalue weighted by Crippen LogP contribution is -2.13. The molecule has 1 amide bonds. The topological polar surface area (TPSA) is 356 Å². The molecule has 0 unspecified atom stereocenters. The molecule has 0 aromatic heterocycles. The molecule has 0 spiro atoms. The van der Waals surface area contributed by atoms with E-state index in [-0.39, 0.29) is 29.1 Å². The fraction of sp³-hybridized carbons (Fsp3) is 0.100. The van der Waals surface area contributed by atoms with Crippen molar-refractivity contribution in [3.8, 4) is 5.75 Å². The Labute approximate surface area is 319 Å². The maximum absolute atomic E-state index is 12.5. The summed E-state index contributed by atoms with van der Waals surface area (Å²) in [5, 5.41) is 28.7. The summed E-state index contributed by atoms with van der Waals surface area (Å²) in [5.41, 5.74) is 2.46. The molecule has 7 N–H and O–H groups in total. The van der Waals surface area contributed by atoms with E-state index in [0.29, 0.717) is 17.5 Å². The number of amides is 1. The zero-order valence-corrected chi connectivity index (χ0v) is 32.2.